The van der Waals surface area contributed by atoms with Crippen LogP contribution in [-0.2, 0) is 11.3 Å². The Hall–Kier alpha value is -3.15. The number of hydrogen-bond donors (Lipinski definition) is 1. The average molecular weight is 522 g/mol. The third-order valence-corrected chi connectivity index (χ3v) is 5.20. The van der Waals surface area contributed by atoms with Gasteiger partial charge in [-0.3, -0.25) is 19.6 Å². The minimum atomic E-state index is -0.542. The maximum atomic E-state index is 12.3. The molecule has 1 heterocycles. The summed E-state index contributed by atoms with van der Waals surface area (Å²) in [5.74, 6) is 0.809. The van der Waals surface area contributed by atoms with Gasteiger partial charge >= 0.3 is 0 Å². The Labute approximate surface area is 186 Å². The highest BCUT2D eigenvalue weighted by Crippen LogP contribution is 2.34. The van der Waals surface area contributed by atoms with Crippen LogP contribution < -0.4 is 14.8 Å². The van der Waals surface area contributed by atoms with E-state index in [4.69, 9.17) is 9.47 Å². The number of nitrogens with zero attached hydrogens (tertiary/aromatic N) is 3. The molecule has 30 heavy (non-hydrogen) atoms. The lowest BCUT2D eigenvalue weighted by molar-refractivity contribution is -0.384. The van der Waals surface area contributed by atoms with E-state index in [1.54, 1.807) is 28.9 Å². The van der Waals surface area contributed by atoms with Gasteiger partial charge in [-0.1, -0.05) is 12.1 Å². The Bertz CT molecular complexity index is 1060. The lowest BCUT2D eigenvalue weighted by Gasteiger charge is -2.12. The lowest BCUT2D eigenvalue weighted by Crippen LogP contribution is -2.15. The molecule has 0 atom stereocenters. The number of nitro benzene ring substituents is 1. The number of carbonyl (C=O) groups excluding carboxylic acids is 1. The number of methoxy groups -OCH3 is 1. The molecule has 0 saturated heterocycles. The van der Waals surface area contributed by atoms with Gasteiger partial charge in [-0.25, -0.2) is 0 Å². The predicted molar refractivity (Wildman–Crippen MR) is 119 cm³/mol. The Balaban J connectivity index is 1.75. The maximum absolute atomic E-state index is 12.3. The monoisotopic (exact) mass is 522 g/mol. The lowest BCUT2D eigenvalue weighted by atomic mass is 10.2. The van der Waals surface area contributed by atoms with Crippen molar-refractivity contribution in [3.63, 3.8) is 0 Å². The molecule has 2 aromatic carbocycles. The number of non-ortho nitro benzene ring substituents is 1. The molecule has 3 aromatic rings. The summed E-state index contributed by atoms with van der Waals surface area (Å²) in [7, 11) is 1.50. The quantitative estimate of drug-likeness (QED) is 0.265. The largest absolute Gasteiger partial charge is 0.493 e. The number of halogens is 1. The van der Waals surface area contributed by atoms with Gasteiger partial charge in [-0.05, 0) is 41.6 Å². The Morgan fingerprint density at radius 2 is 2.00 bits per heavy atom. The number of hydrogen-bond acceptors (Lipinski definition) is 6. The predicted octanol–water partition coefficient (Wildman–Crippen LogP) is 4.53. The fourth-order valence-electron chi connectivity index (χ4n) is 2.70. The molecule has 1 amide bonds. The van der Waals surface area contributed by atoms with Crippen molar-refractivity contribution in [3.05, 3.63) is 68.0 Å². The van der Waals surface area contributed by atoms with E-state index in [2.05, 4.69) is 33.0 Å². The highest BCUT2D eigenvalue weighted by Gasteiger charge is 2.15. The highest BCUT2D eigenvalue weighted by molar-refractivity contribution is 14.1. The van der Waals surface area contributed by atoms with Gasteiger partial charge < -0.3 is 14.8 Å². The molecule has 9 nitrogen and oxygen atoms in total. The minimum Gasteiger partial charge on any atom is -0.493 e. The topological polar surface area (TPSA) is 109 Å². The van der Waals surface area contributed by atoms with Crippen molar-refractivity contribution in [3.8, 4) is 17.2 Å². The number of para-hydroxylation sites is 2. The Morgan fingerprint density at radius 3 is 2.63 bits per heavy atom. The molecule has 0 aliphatic heterocycles. The van der Waals surface area contributed by atoms with Crippen molar-refractivity contribution in [2.45, 2.75) is 19.9 Å². The Morgan fingerprint density at radius 1 is 1.27 bits per heavy atom. The number of aromatic nitrogens is 2. The van der Waals surface area contributed by atoms with Crippen molar-refractivity contribution < 1.29 is 19.2 Å². The van der Waals surface area contributed by atoms with Crippen LogP contribution in [0.5, 0.6) is 17.2 Å². The number of amides is 1. The molecule has 0 spiro atoms. The summed E-state index contributed by atoms with van der Waals surface area (Å²) in [6, 6.07) is 11.0. The second-order valence-electron chi connectivity index (χ2n) is 6.35. The van der Waals surface area contributed by atoms with E-state index in [0.717, 1.165) is 9.26 Å². The van der Waals surface area contributed by atoms with Crippen LogP contribution >= 0.6 is 22.6 Å². The zero-order valence-corrected chi connectivity index (χ0v) is 18.5. The fourth-order valence-corrected chi connectivity index (χ4v) is 3.13. The number of rotatable bonds is 8. The van der Waals surface area contributed by atoms with Gasteiger partial charge in [0.25, 0.3) is 5.69 Å². The van der Waals surface area contributed by atoms with E-state index in [9.17, 15) is 14.9 Å². The molecule has 10 heteroatoms. The van der Waals surface area contributed by atoms with Gasteiger partial charge in [0.1, 0.15) is 5.75 Å². The van der Waals surface area contributed by atoms with Gasteiger partial charge in [0.2, 0.25) is 5.91 Å². The number of benzene rings is 2. The summed E-state index contributed by atoms with van der Waals surface area (Å²) >= 11 is 2.18. The molecule has 156 valence electrons. The molecule has 0 saturated carbocycles. The van der Waals surface area contributed by atoms with Gasteiger partial charge in [0, 0.05) is 31.3 Å². The highest BCUT2D eigenvalue weighted by atomic mass is 127. The van der Waals surface area contributed by atoms with Crippen molar-refractivity contribution in [1.29, 1.82) is 0 Å². The third kappa shape index (κ3) is 5.47. The number of carbonyl (C=O) groups is 1. The SMILES string of the molecule is COc1ccccc1Oc1cc(NC(=O)CCn2cc(I)c(C)n2)cc([N+](=O)[O-])c1. The van der Waals surface area contributed by atoms with Crippen molar-refractivity contribution in [1.82, 2.24) is 9.78 Å². The normalized spacial score (nSPS) is 10.5. The number of nitro groups is 1. The zero-order chi connectivity index (χ0) is 21.7. The summed E-state index contributed by atoms with van der Waals surface area (Å²) in [4.78, 5) is 23.1. The first-order chi connectivity index (χ1) is 14.4. The molecule has 0 fully saturated rings. The van der Waals surface area contributed by atoms with Crippen molar-refractivity contribution in [2.75, 3.05) is 12.4 Å². The van der Waals surface area contributed by atoms with Crippen molar-refractivity contribution in [2.24, 2.45) is 0 Å². The molecule has 3 rings (SSSR count). The summed E-state index contributed by atoms with van der Waals surface area (Å²) in [5.41, 5.74) is 0.966. The molecule has 0 aliphatic rings. The van der Waals surface area contributed by atoms with Crippen LogP contribution in [0, 0.1) is 20.6 Å². The first kappa shape index (κ1) is 21.6. The molecule has 0 unspecified atom stereocenters. The molecular formula is C20H19IN4O5. The zero-order valence-electron chi connectivity index (χ0n) is 16.3. The van der Waals surface area contributed by atoms with Crippen LogP contribution in [0.1, 0.15) is 12.1 Å². The van der Waals surface area contributed by atoms with Gasteiger partial charge in [-0.2, -0.15) is 5.10 Å². The molecule has 1 aromatic heterocycles. The Kier molecular flexibility index (Phi) is 6.87. The molecule has 0 bridgehead atoms. The van der Waals surface area contributed by atoms with Gasteiger partial charge in [-0.15, -0.1) is 0 Å². The maximum Gasteiger partial charge on any atom is 0.275 e. The molecule has 0 radical (unpaired) electrons. The summed E-state index contributed by atoms with van der Waals surface area (Å²) < 4.78 is 13.7. The van der Waals surface area contributed by atoms with Crippen LogP contribution in [0.15, 0.2) is 48.7 Å². The van der Waals surface area contributed by atoms with Crippen LogP contribution in [0.4, 0.5) is 11.4 Å². The molecule has 1 N–H and O–H groups in total. The van der Waals surface area contributed by atoms with Crippen LogP contribution in [0.2, 0.25) is 0 Å². The van der Waals surface area contributed by atoms with E-state index in [1.165, 1.54) is 25.3 Å². The van der Waals surface area contributed by atoms with Crippen LogP contribution in [0.25, 0.3) is 0 Å². The number of anilines is 1. The summed E-state index contributed by atoms with van der Waals surface area (Å²) in [6.45, 7) is 2.29. The molecular weight excluding hydrogens is 503 g/mol. The first-order valence-electron chi connectivity index (χ1n) is 8.95. The van der Waals surface area contributed by atoms with Crippen molar-refractivity contribution >= 4 is 39.9 Å². The summed E-state index contributed by atoms with van der Waals surface area (Å²) in [6.07, 6.45) is 2.03. The smallest absolute Gasteiger partial charge is 0.275 e. The van der Waals surface area contributed by atoms with Crippen LogP contribution in [0.3, 0.4) is 0 Å². The standard InChI is InChI=1S/C20H19IN4O5/c1-13-17(21)12-24(23-13)8-7-20(26)22-14-9-15(25(27)28)11-16(10-14)30-19-6-4-3-5-18(19)29-2/h3-6,9-12H,7-8H2,1-2H3,(H,22,26). The fraction of sp³-hybridized carbons (Fsp3) is 0.200. The summed E-state index contributed by atoms with van der Waals surface area (Å²) in [5, 5.41) is 18.3. The van der Waals surface area contributed by atoms with E-state index >= 15 is 0 Å². The second kappa shape index (κ2) is 9.57. The van der Waals surface area contributed by atoms with E-state index in [1.807, 2.05) is 13.1 Å². The van der Waals surface area contributed by atoms with E-state index < -0.39 is 4.92 Å². The second-order valence-corrected chi connectivity index (χ2v) is 7.51. The number of nitrogens with one attached hydrogen (secondary N) is 1. The molecule has 0 aliphatic carbocycles. The number of aryl methyl sites for hydroxylation is 2. The van der Waals surface area contributed by atoms with E-state index in [0.29, 0.717) is 18.0 Å². The minimum absolute atomic E-state index is 0.169. The van der Waals surface area contributed by atoms with E-state index in [-0.39, 0.29) is 29.5 Å². The van der Waals surface area contributed by atoms with Gasteiger partial charge in [0.05, 0.1) is 33.1 Å². The average Bonchev–Trinajstić information content (AvgIpc) is 3.04. The number of ether oxygens (including phenoxy) is 2. The van der Waals surface area contributed by atoms with Crippen LogP contribution in [-0.4, -0.2) is 27.7 Å². The first-order valence-corrected chi connectivity index (χ1v) is 10.0. The third-order valence-electron chi connectivity index (χ3n) is 4.14. The van der Waals surface area contributed by atoms with Gasteiger partial charge in [0.15, 0.2) is 11.5 Å².